The van der Waals surface area contributed by atoms with E-state index in [1.807, 2.05) is 0 Å². The molecule has 23 heavy (non-hydrogen) atoms. The molecule has 124 valence electrons. The molecule has 2 aromatic rings. The van der Waals surface area contributed by atoms with Gasteiger partial charge in [-0.15, -0.1) is 0 Å². The second kappa shape index (κ2) is 7.68. The Hall–Kier alpha value is -1.76. The van der Waals surface area contributed by atoms with E-state index in [2.05, 4.69) is 4.72 Å². The van der Waals surface area contributed by atoms with Crippen molar-refractivity contribution < 1.29 is 17.9 Å². The lowest BCUT2D eigenvalue weighted by Gasteiger charge is -2.10. The number of benzene rings is 2. The first-order valence-electron chi connectivity index (χ1n) is 6.95. The van der Waals surface area contributed by atoms with Crippen molar-refractivity contribution in [1.82, 2.24) is 4.72 Å². The molecule has 0 heterocycles. The van der Waals surface area contributed by atoms with Crippen LogP contribution in [0.1, 0.15) is 5.56 Å². The fourth-order valence-corrected chi connectivity index (χ4v) is 3.28. The van der Waals surface area contributed by atoms with Gasteiger partial charge in [-0.1, -0.05) is 17.7 Å². The first-order chi connectivity index (χ1) is 10.9. The topological polar surface area (TPSA) is 64.6 Å². The average Bonchev–Trinajstić information content (AvgIpc) is 2.51. The molecule has 0 bridgehead atoms. The number of nitrogens with one attached hydrogen (secondary N) is 1. The highest BCUT2D eigenvalue weighted by molar-refractivity contribution is 7.89. The molecule has 0 fully saturated rings. The highest BCUT2D eigenvalue weighted by atomic mass is 35.5. The summed E-state index contributed by atoms with van der Waals surface area (Å²) in [7, 11) is -2.04. The third kappa shape index (κ3) is 4.86. The number of methoxy groups -OCH3 is 1. The standard InChI is InChI=1S/C16H18ClNO4S/c1-12-10-15(6-7-16(12)21-2)23(19,20)18-8-9-22-14-5-3-4-13(17)11-14/h3-7,10-11,18H,8-9H2,1-2H3. The summed E-state index contributed by atoms with van der Waals surface area (Å²) >= 11 is 5.85. The Labute approximate surface area is 141 Å². The summed E-state index contributed by atoms with van der Waals surface area (Å²) < 4.78 is 37.5. The van der Waals surface area contributed by atoms with Gasteiger partial charge >= 0.3 is 0 Å². The van der Waals surface area contributed by atoms with Gasteiger partial charge in [0.25, 0.3) is 0 Å². The van der Waals surface area contributed by atoms with Crippen molar-refractivity contribution in [3.63, 3.8) is 0 Å². The molecule has 0 unspecified atom stereocenters. The van der Waals surface area contributed by atoms with Crippen molar-refractivity contribution in [1.29, 1.82) is 0 Å². The summed E-state index contributed by atoms with van der Waals surface area (Å²) in [6, 6.07) is 11.6. The maximum atomic E-state index is 12.2. The summed E-state index contributed by atoms with van der Waals surface area (Å²) in [4.78, 5) is 0.193. The van der Waals surface area contributed by atoms with Crippen LogP contribution in [0.2, 0.25) is 5.02 Å². The first kappa shape index (κ1) is 17.6. The van der Waals surface area contributed by atoms with Crippen LogP contribution < -0.4 is 14.2 Å². The van der Waals surface area contributed by atoms with Crippen molar-refractivity contribution in [2.45, 2.75) is 11.8 Å². The molecule has 2 rings (SSSR count). The largest absolute Gasteiger partial charge is 0.496 e. The molecule has 0 saturated carbocycles. The summed E-state index contributed by atoms with van der Waals surface area (Å²) in [5.74, 6) is 1.24. The molecule has 0 aliphatic heterocycles. The van der Waals surface area contributed by atoms with Crippen LogP contribution in [-0.2, 0) is 10.0 Å². The molecule has 0 aromatic heterocycles. The Morgan fingerprint density at radius 1 is 1.17 bits per heavy atom. The molecule has 7 heteroatoms. The Balaban J connectivity index is 1.92. The van der Waals surface area contributed by atoms with Gasteiger partial charge in [-0.3, -0.25) is 0 Å². The minimum Gasteiger partial charge on any atom is -0.496 e. The van der Waals surface area contributed by atoms with E-state index < -0.39 is 10.0 Å². The highest BCUT2D eigenvalue weighted by Crippen LogP contribution is 2.21. The zero-order chi connectivity index (χ0) is 16.9. The van der Waals surface area contributed by atoms with E-state index in [0.29, 0.717) is 16.5 Å². The van der Waals surface area contributed by atoms with Crippen LogP contribution in [0.3, 0.4) is 0 Å². The summed E-state index contributed by atoms with van der Waals surface area (Å²) in [5, 5.41) is 0.566. The predicted molar refractivity (Wildman–Crippen MR) is 89.9 cm³/mol. The monoisotopic (exact) mass is 355 g/mol. The fourth-order valence-electron chi connectivity index (χ4n) is 2.00. The SMILES string of the molecule is COc1ccc(S(=O)(=O)NCCOc2cccc(Cl)c2)cc1C. The van der Waals surface area contributed by atoms with Gasteiger partial charge in [0.2, 0.25) is 10.0 Å². The van der Waals surface area contributed by atoms with Crippen LogP contribution in [0, 0.1) is 6.92 Å². The summed E-state index contributed by atoms with van der Waals surface area (Å²) in [5.41, 5.74) is 0.755. The van der Waals surface area contributed by atoms with Crippen LogP contribution in [0.5, 0.6) is 11.5 Å². The molecular formula is C16H18ClNO4S. The van der Waals surface area contributed by atoms with Gasteiger partial charge in [0.1, 0.15) is 18.1 Å². The van der Waals surface area contributed by atoms with Crippen LogP contribution in [-0.4, -0.2) is 28.7 Å². The second-order valence-electron chi connectivity index (χ2n) is 4.84. The number of hydrogen-bond acceptors (Lipinski definition) is 4. The van der Waals surface area contributed by atoms with Crippen molar-refractivity contribution in [3.8, 4) is 11.5 Å². The first-order valence-corrected chi connectivity index (χ1v) is 8.81. The molecule has 0 saturated heterocycles. The second-order valence-corrected chi connectivity index (χ2v) is 7.04. The molecule has 0 aliphatic carbocycles. The van der Waals surface area contributed by atoms with Gasteiger partial charge in [0, 0.05) is 11.6 Å². The highest BCUT2D eigenvalue weighted by Gasteiger charge is 2.14. The molecular weight excluding hydrogens is 338 g/mol. The van der Waals surface area contributed by atoms with E-state index >= 15 is 0 Å². The average molecular weight is 356 g/mol. The molecule has 0 amide bonds. The van der Waals surface area contributed by atoms with Gasteiger partial charge in [0.15, 0.2) is 0 Å². The Bertz CT molecular complexity index is 777. The van der Waals surface area contributed by atoms with Crippen molar-refractivity contribution >= 4 is 21.6 Å². The molecule has 2 aromatic carbocycles. The van der Waals surface area contributed by atoms with Gasteiger partial charge in [-0.2, -0.15) is 0 Å². The Morgan fingerprint density at radius 2 is 1.96 bits per heavy atom. The quantitative estimate of drug-likeness (QED) is 0.775. The predicted octanol–water partition coefficient (Wildman–Crippen LogP) is 3.01. The number of hydrogen-bond donors (Lipinski definition) is 1. The maximum Gasteiger partial charge on any atom is 0.240 e. The zero-order valence-corrected chi connectivity index (χ0v) is 14.4. The number of aryl methyl sites for hydroxylation is 1. The molecule has 0 atom stereocenters. The zero-order valence-electron chi connectivity index (χ0n) is 12.9. The maximum absolute atomic E-state index is 12.2. The molecule has 5 nitrogen and oxygen atoms in total. The van der Waals surface area contributed by atoms with Crippen molar-refractivity contribution in [2.24, 2.45) is 0 Å². The summed E-state index contributed by atoms with van der Waals surface area (Å²) in [6.07, 6.45) is 0. The fraction of sp³-hybridized carbons (Fsp3) is 0.250. The van der Waals surface area contributed by atoms with Crippen molar-refractivity contribution in [2.75, 3.05) is 20.3 Å². The van der Waals surface area contributed by atoms with Crippen LogP contribution in [0.25, 0.3) is 0 Å². The Kier molecular flexibility index (Phi) is 5.87. The Morgan fingerprint density at radius 3 is 2.61 bits per heavy atom. The number of ether oxygens (including phenoxy) is 2. The number of sulfonamides is 1. The van der Waals surface area contributed by atoms with Crippen LogP contribution in [0.15, 0.2) is 47.4 Å². The van der Waals surface area contributed by atoms with E-state index in [0.717, 1.165) is 5.56 Å². The van der Waals surface area contributed by atoms with Gasteiger partial charge in [0.05, 0.1) is 12.0 Å². The van der Waals surface area contributed by atoms with Gasteiger partial charge in [-0.25, -0.2) is 13.1 Å². The van der Waals surface area contributed by atoms with E-state index in [1.54, 1.807) is 50.4 Å². The van der Waals surface area contributed by atoms with E-state index in [4.69, 9.17) is 21.1 Å². The molecule has 0 aliphatic rings. The lowest BCUT2D eigenvalue weighted by Crippen LogP contribution is -2.28. The van der Waals surface area contributed by atoms with E-state index in [9.17, 15) is 8.42 Å². The van der Waals surface area contributed by atoms with E-state index in [-0.39, 0.29) is 18.0 Å². The van der Waals surface area contributed by atoms with Crippen molar-refractivity contribution in [3.05, 3.63) is 53.1 Å². The third-order valence-corrected chi connectivity index (χ3v) is 4.83. The lowest BCUT2D eigenvalue weighted by molar-refractivity contribution is 0.323. The molecule has 1 N–H and O–H groups in total. The minimum atomic E-state index is -3.58. The van der Waals surface area contributed by atoms with Crippen LogP contribution in [0.4, 0.5) is 0 Å². The minimum absolute atomic E-state index is 0.153. The number of halogens is 1. The normalized spacial score (nSPS) is 11.3. The molecule has 0 radical (unpaired) electrons. The third-order valence-electron chi connectivity index (χ3n) is 3.14. The smallest absolute Gasteiger partial charge is 0.240 e. The van der Waals surface area contributed by atoms with E-state index in [1.165, 1.54) is 6.07 Å². The number of rotatable bonds is 7. The van der Waals surface area contributed by atoms with Crippen LogP contribution >= 0.6 is 11.6 Å². The lowest BCUT2D eigenvalue weighted by atomic mass is 10.2. The summed E-state index contributed by atoms with van der Waals surface area (Å²) in [6.45, 7) is 2.15. The van der Waals surface area contributed by atoms with Gasteiger partial charge < -0.3 is 9.47 Å². The molecule has 0 spiro atoms. The van der Waals surface area contributed by atoms with Gasteiger partial charge in [-0.05, 0) is 48.9 Å².